The average molecular weight is 236 g/mol. The summed E-state index contributed by atoms with van der Waals surface area (Å²) in [6.45, 7) is 5.93. The Morgan fingerprint density at radius 3 is 2.65 bits per heavy atom. The molecule has 17 heavy (non-hydrogen) atoms. The monoisotopic (exact) mass is 236 g/mol. The van der Waals surface area contributed by atoms with Crippen LogP contribution >= 0.6 is 0 Å². The van der Waals surface area contributed by atoms with E-state index in [1.54, 1.807) is 6.92 Å². The smallest absolute Gasteiger partial charge is 0.274 e. The Hall–Kier alpha value is -1.55. The number of para-hydroxylation sites is 1. The van der Waals surface area contributed by atoms with Gasteiger partial charge in [0.2, 0.25) is 0 Å². The number of amides is 1. The molecule has 0 heterocycles. The second-order valence-corrected chi connectivity index (χ2v) is 4.12. The maximum atomic E-state index is 11.3. The van der Waals surface area contributed by atoms with Gasteiger partial charge in [-0.05, 0) is 30.9 Å². The van der Waals surface area contributed by atoms with Crippen molar-refractivity contribution in [3.8, 4) is 5.75 Å². The molecule has 1 rings (SSSR count). The van der Waals surface area contributed by atoms with Crippen LogP contribution in [0.25, 0.3) is 0 Å². The second kappa shape index (κ2) is 6.25. The Labute approximate surface area is 102 Å². The Kier molecular flexibility index (Phi) is 4.97. The number of carbonyl (C=O) groups excluding carboxylic acids is 1. The molecular weight excluding hydrogens is 216 g/mol. The van der Waals surface area contributed by atoms with Crippen molar-refractivity contribution in [3.63, 3.8) is 0 Å². The van der Waals surface area contributed by atoms with Crippen molar-refractivity contribution in [1.29, 1.82) is 0 Å². The molecule has 0 radical (unpaired) electrons. The van der Waals surface area contributed by atoms with Crippen LogP contribution in [0.3, 0.4) is 0 Å². The van der Waals surface area contributed by atoms with E-state index in [1.807, 2.05) is 24.3 Å². The molecule has 0 aromatic heterocycles. The molecule has 2 unspecified atom stereocenters. The zero-order chi connectivity index (χ0) is 12.8. The molecule has 0 bridgehead atoms. The summed E-state index contributed by atoms with van der Waals surface area (Å²) in [5, 5.41) is 0. The molecule has 0 spiro atoms. The zero-order valence-electron chi connectivity index (χ0n) is 10.6. The van der Waals surface area contributed by atoms with E-state index in [9.17, 15) is 4.79 Å². The minimum atomic E-state index is -0.592. The highest BCUT2D eigenvalue weighted by molar-refractivity contribution is 5.80. The normalized spacial score (nSPS) is 13.9. The standard InChI is InChI=1S/C13H20N2O2/c1-4-9(2)11-7-5-6-8-12(11)17-10(3)13(16)15-14/h5-10H,4,14H2,1-3H3,(H,15,16). The van der Waals surface area contributed by atoms with E-state index in [1.165, 1.54) is 0 Å². The van der Waals surface area contributed by atoms with Crippen molar-refractivity contribution in [2.75, 3.05) is 0 Å². The summed E-state index contributed by atoms with van der Waals surface area (Å²) in [5.74, 6) is 5.89. The average Bonchev–Trinajstić information content (AvgIpc) is 2.37. The van der Waals surface area contributed by atoms with Gasteiger partial charge in [0.05, 0.1) is 0 Å². The summed E-state index contributed by atoms with van der Waals surface area (Å²) in [6.07, 6.45) is 0.433. The van der Waals surface area contributed by atoms with Gasteiger partial charge in [-0.2, -0.15) is 0 Å². The number of rotatable bonds is 5. The number of ether oxygens (including phenoxy) is 1. The van der Waals surface area contributed by atoms with E-state index in [0.717, 1.165) is 17.7 Å². The highest BCUT2D eigenvalue weighted by Crippen LogP contribution is 2.28. The van der Waals surface area contributed by atoms with Crippen LogP contribution < -0.4 is 16.0 Å². The van der Waals surface area contributed by atoms with Crippen molar-refractivity contribution in [2.24, 2.45) is 5.84 Å². The molecule has 1 amide bonds. The first-order valence-electron chi connectivity index (χ1n) is 5.86. The maximum absolute atomic E-state index is 11.3. The highest BCUT2D eigenvalue weighted by atomic mass is 16.5. The van der Waals surface area contributed by atoms with Gasteiger partial charge in [0.1, 0.15) is 5.75 Å². The topological polar surface area (TPSA) is 64.3 Å². The molecule has 3 N–H and O–H groups in total. The molecule has 2 atom stereocenters. The lowest BCUT2D eigenvalue weighted by atomic mass is 9.98. The first-order valence-corrected chi connectivity index (χ1v) is 5.86. The van der Waals surface area contributed by atoms with Crippen molar-refractivity contribution in [2.45, 2.75) is 39.2 Å². The Morgan fingerprint density at radius 1 is 1.41 bits per heavy atom. The number of hydrazine groups is 1. The van der Waals surface area contributed by atoms with Crippen molar-refractivity contribution < 1.29 is 9.53 Å². The number of carbonyl (C=O) groups is 1. The molecule has 0 saturated carbocycles. The van der Waals surface area contributed by atoms with Gasteiger partial charge in [-0.1, -0.05) is 32.0 Å². The van der Waals surface area contributed by atoms with Gasteiger partial charge in [-0.15, -0.1) is 0 Å². The Morgan fingerprint density at radius 2 is 2.06 bits per heavy atom. The van der Waals surface area contributed by atoms with E-state index in [4.69, 9.17) is 10.6 Å². The first-order chi connectivity index (χ1) is 8.10. The first kappa shape index (κ1) is 13.5. The third-order valence-electron chi connectivity index (χ3n) is 2.88. The Bertz CT molecular complexity index is 379. The van der Waals surface area contributed by atoms with Gasteiger partial charge in [0, 0.05) is 0 Å². The molecule has 0 aliphatic carbocycles. The second-order valence-electron chi connectivity index (χ2n) is 4.12. The fraction of sp³-hybridized carbons (Fsp3) is 0.462. The number of hydrogen-bond donors (Lipinski definition) is 2. The summed E-state index contributed by atoms with van der Waals surface area (Å²) < 4.78 is 5.63. The van der Waals surface area contributed by atoms with Crippen molar-refractivity contribution in [3.05, 3.63) is 29.8 Å². The minimum absolute atomic E-state index is 0.330. The van der Waals surface area contributed by atoms with Crippen LogP contribution in [0.2, 0.25) is 0 Å². The molecule has 94 valence electrons. The third-order valence-corrected chi connectivity index (χ3v) is 2.88. The zero-order valence-corrected chi connectivity index (χ0v) is 10.6. The quantitative estimate of drug-likeness (QED) is 0.466. The van der Waals surface area contributed by atoms with Crippen LogP contribution in [-0.4, -0.2) is 12.0 Å². The number of nitrogens with two attached hydrogens (primary N) is 1. The third kappa shape index (κ3) is 3.46. The molecule has 4 nitrogen and oxygen atoms in total. The summed E-state index contributed by atoms with van der Waals surface area (Å²) in [4.78, 5) is 11.3. The number of hydrogen-bond acceptors (Lipinski definition) is 3. The molecule has 1 aromatic rings. The molecule has 1 aromatic carbocycles. The van der Waals surface area contributed by atoms with Crippen LogP contribution in [0.15, 0.2) is 24.3 Å². The minimum Gasteiger partial charge on any atom is -0.481 e. The van der Waals surface area contributed by atoms with E-state index in [-0.39, 0.29) is 5.91 Å². The molecule has 0 saturated heterocycles. The highest BCUT2D eigenvalue weighted by Gasteiger charge is 2.16. The number of benzene rings is 1. The van der Waals surface area contributed by atoms with Crippen molar-refractivity contribution in [1.82, 2.24) is 5.43 Å². The molecular formula is C13H20N2O2. The van der Waals surface area contributed by atoms with Gasteiger partial charge in [0.15, 0.2) is 6.10 Å². The van der Waals surface area contributed by atoms with E-state index >= 15 is 0 Å². The van der Waals surface area contributed by atoms with E-state index < -0.39 is 6.10 Å². The predicted octanol–water partition coefficient (Wildman–Crippen LogP) is 1.96. The van der Waals surface area contributed by atoms with Crippen LogP contribution in [0, 0.1) is 0 Å². The van der Waals surface area contributed by atoms with Gasteiger partial charge in [-0.25, -0.2) is 5.84 Å². The molecule has 0 aliphatic rings. The fourth-order valence-corrected chi connectivity index (χ4v) is 1.58. The maximum Gasteiger partial charge on any atom is 0.274 e. The van der Waals surface area contributed by atoms with Crippen molar-refractivity contribution >= 4 is 5.91 Å². The molecule has 0 fully saturated rings. The SMILES string of the molecule is CCC(C)c1ccccc1OC(C)C(=O)NN. The number of nitrogens with one attached hydrogen (secondary N) is 1. The van der Waals surface area contributed by atoms with Gasteiger partial charge in [0.25, 0.3) is 5.91 Å². The van der Waals surface area contributed by atoms with Crippen LogP contribution in [0.5, 0.6) is 5.75 Å². The van der Waals surface area contributed by atoms with Crippen LogP contribution in [-0.2, 0) is 4.79 Å². The lowest BCUT2D eigenvalue weighted by molar-refractivity contribution is -0.127. The molecule has 4 heteroatoms. The van der Waals surface area contributed by atoms with E-state index in [0.29, 0.717) is 5.92 Å². The molecule has 0 aliphatic heterocycles. The largest absolute Gasteiger partial charge is 0.481 e. The summed E-state index contributed by atoms with van der Waals surface area (Å²) in [5.41, 5.74) is 3.20. The Balaban J connectivity index is 2.87. The van der Waals surface area contributed by atoms with Crippen LogP contribution in [0.4, 0.5) is 0 Å². The predicted molar refractivity (Wildman–Crippen MR) is 67.6 cm³/mol. The summed E-state index contributed by atoms with van der Waals surface area (Å²) >= 11 is 0. The van der Waals surface area contributed by atoms with Gasteiger partial charge < -0.3 is 4.74 Å². The van der Waals surface area contributed by atoms with Crippen LogP contribution in [0.1, 0.15) is 38.7 Å². The lowest BCUT2D eigenvalue weighted by Crippen LogP contribution is -2.40. The summed E-state index contributed by atoms with van der Waals surface area (Å²) in [7, 11) is 0. The van der Waals surface area contributed by atoms with Gasteiger partial charge >= 0.3 is 0 Å². The van der Waals surface area contributed by atoms with E-state index in [2.05, 4.69) is 19.3 Å². The van der Waals surface area contributed by atoms with Gasteiger partial charge in [-0.3, -0.25) is 10.2 Å². The lowest BCUT2D eigenvalue weighted by Gasteiger charge is -2.18. The fourth-order valence-electron chi connectivity index (χ4n) is 1.58. The summed E-state index contributed by atoms with van der Waals surface area (Å²) in [6, 6.07) is 7.77.